The van der Waals surface area contributed by atoms with E-state index in [1.54, 1.807) is 18.2 Å². The van der Waals surface area contributed by atoms with E-state index < -0.39 is 11.7 Å². The van der Waals surface area contributed by atoms with E-state index in [1.807, 2.05) is 6.07 Å². The van der Waals surface area contributed by atoms with Gasteiger partial charge in [-0.25, -0.2) is 13.8 Å². The molecule has 1 fully saturated rings. The van der Waals surface area contributed by atoms with E-state index in [1.165, 1.54) is 29.5 Å². The first-order valence-electron chi connectivity index (χ1n) is 9.17. The second-order valence-corrected chi connectivity index (χ2v) is 7.66. The van der Waals surface area contributed by atoms with E-state index in [9.17, 15) is 13.6 Å². The minimum atomic E-state index is -0.513. The Morgan fingerprint density at radius 3 is 2.54 bits per heavy atom. The standard InChI is InChI=1S/C20H20F2N4OS/c21-15-5-2-1-4-14(15)19(27)23-8-9-25-10-12-26(13-11-25)20-24-18-16(22)6-3-7-17(18)28-20/h1-7H,8-13H2,(H,23,27). The van der Waals surface area contributed by atoms with Crippen LogP contribution in [0.4, 0.5) is 13.9 Å². The van der Waals surface area contributed by atoms with Gasteiger partial charge < -0.3 is 10.2 Å². The van der Waals surface area contributed by atoms with Crippen molar-refractivity contribution in [3.8, 4) is 0 Å². The summed E-state index contributed by atoms with van der Waals surface area (Å²) in [5.41, 5.74) is 0.496. The van der Waals surface area contributed by atoms with Crippen molar-refractivity contribution in [2.24, 2.45) is 0 Å². The van der Waals surface area contributed by atoms with Crippen LogP contribution < -0.4 is 10.2 Å². The topological polar surface area (TPSA) is 48.5 Å². The van der Waals surface area contributed by atoms with Crippen LogP contribution in [0.1, 0.15) is 10.4 Å². The Kier molecular flexibility index (Phi) is 5.50. The smallest absolute Gasteiger partial charge is 0.254 e. The second kappa shape index (κ2) is 8.20. The fourth-order valence-electron chi connectivity index (χ4n) is 3.27. The molecule has 3 aromatic rings. The van der Waals surface area contributed by atoms with Crippen molar-refractivity contribution in [3.05, 3.63) is 59.7 Å². The molecule has 1 aliphatic rings. The van der Waals surface area contributed by atoms with E-state index in [-0.39, 0.29) is 11.4 Å². The molecule has 0 spiro atoms. The van der Waals surface area contributed by atoms with Crippen LogP contribution in [0.5, 0.6) is 0 Å². The summed E-state index contributed by atoms with van der Waals surface area (Å²) in [6.07, 6.45) is 0. The van der Waals surface area contributed by atoms with Gasteiger partial charge in [0.05, 0.1) is 10.3 Å². The zero-order valence-corrected chi connectivity index (χ0v) is 16.0. The lowest BCUT2D eigenvalue weighted by atomic mass is 10.2. The lowest BCUT2D eigenvalue weighted by Gasteiger charge is -2.34. The van der Waals surface area contributed by atoms with Crippen molar-refractivity contribution in [2.75, 3.05) is 44.2 Å². The predicted octanol–water partition coefficient (Wildman–Crippen LogP) is 3.13. The van der Waals surface area contributed by atoms with Crippen molar-refractivity contribution < 1.29 is 13.6 Å². The molecular formula is C20H20F2N4OS. The Hall–Kier alpha value is -2.58. The number of benzene rings is 2. The Morgan fingerprint density at radius 1 is 1.04 bits per heavy atom. The number of para-hydroxylation sites is 1. The summed E-state index contributed by atoms with van der Waals surface area (Å²) >= 11 is 1.50. The maximum Gasteiger partial charge on any atom is 0.254 e. The SMILES string of the molecule is O=C(NCCN1CCN(c2nc3c(F)cccc3s2)CC1)c1ccccc1F. The summed E-state index contributed by atoms with van der Waals surface area (Å²) in [6.45, 7) is 4.40. The first kappa shape index (κ1) is 18.8. The molecule has 0 radical (unpaired) electrons. The fraction of sp³-hybridized carbons (Fsp3) is 0.300. The zero-order chi connectivity index (χ0) is 19.5. The van der Waals surface area contributed by atoms with E-state index >= 15 is 0 Å². The average molecular weight is 402 g/mol. The van der Waals surface area contributed by atoms with Gasteiger partial charge in [-0.3, -0.25) is 9.69 Å². The number of aromatic nitrogens is 1. The molecule has 1 amide bonds. The fourth-order valence-corrected chi connectivity index (χ4v) is 4.30. The number of carbonyl (C=O) groups is 1. The summed E-state index contributed by atoms with van der Waals surface area (Å²) in [7, 11) is 0. The van der Waals surface area contributed by atoms with Crippen molar-refractivity contribution in [1.82, 2.24) is 15.2 Å². The lowest BCUT2D eigenvalue weighted by molar-refractivity contribution is 0.0943. The van der Waals surface area contributed by atoms with Crippen LogP contribution in [0.2, 0.25) is 0 Å². The van der Waals surface area contributed by atoms with E-state index in [4.69, 9.17) is 0 Å². The van der Waals surface area contributed by atoms with Crippen molar-refractivity contribution in [3.63, 3.8) is 0 Å². The molecule has 0 bridgehead atoms. The van der Waals surface area contributed by atoms with E-state index in [0.717, 1.165) is 36.0 Å². The summed E-state index contributed by atoms with van der Waals surface area (Å²) in [5.74, 6) is -1.20. The maximum atomic E-state index is 13.8. The lowest BCUT2D eigenvalue weighted by Crippen LogP contribution is -2.48. The summed E-state index contributed by atoms with van der Waals surface area (Å²) in [5, 5.41) is 3.61. The molecule has 1 N–H and O–H groups in total. The number of thiazole rings is 1. The van der Waals surface area contributed by atoms with Crippen LogP contribution in [0, 0.1) is 11.6 Å². The van der Waals surface area contributed by atoms with Gasteiger partial charge in [0.2, 0.25) is 0 Å². The number of fused-ring (bicyclic) bond motifs is 1. The number of hydrogen-bond donors (Lipinski definition) is 1. The number of nitrogens with zero attached hydrogens (tertiary/aromatic N) is 3. The van der Waals surface area contributed by atoms with Crippen LogP contribution in [0.25, 0.3) is 10.2 Å². The maximum absolute atomic E-state index is 13.8. The molecule has 0 saturated carbocycles. The Balaban J connectivity index is 1.27. The molecule has 0 unspecified atom stereocenters. The van der Waals surface area contributed by atoms with Crippen molar-refractivity contribution in [2.45, 2.75) is 0 Å². The molecule has 1 aliphatic heterocycles. The number of nitrogens with one attached hydrogen (secondary N) is 1. The van der Waals surface area contributed by atoms with Gasteiger partial charge in [0.25, 0.3) is 5.91 Å². The van der Waals surface area contributed by atoms with Gasteiger partial charge >= 0.3 is 0 Å². The molecule has 0 atom stereocenters. The second-order valence-electron chi connectivity index (χ2n) is 6.65. The number of hydrogen-bond acceptors (Lipinski definition) is 5. The molecular weight excluding hydrogens is 382 g/mol. The van der Waals surface area contributed by atoms with E-state index in [2.05, 4.69) is 20.1 Å². The molecule has 1 aromatic heterocycles. The van der Waals surface area contributed by atoms with Crippen LogP contribution >= 0.6 is 11.3 Å². The van der Waals surface area contributed by atoms with Gasteiger partial charge in [-0.05, 0) is 24.3 Å². The highest BCUT2D eigenvalue weighted by molar-refractivity contribution is 7.22. The Labute approximate surface area is 165 Å². The molecule has 8 heteroatoms. The third-order valence-electron chi connectivity index (χ3n) is 4.83. The largest absolute Gasteiger partial charge is 0.351 e. The third kappa shape index (κ3) is 3.98. The number of rotatable bonds is 5. The number of amides is 1. The number of anilines is 1. The minimum absolute atomic E-state index is 0.0652. The number of piperazine rings is 1. The van der Waals surface area contributed by atoms with Gasteiger partial charge in [-0.2, -0.15) is 0 Å². The van der Waals surface area contributed by atoms with Crippen LogP contribution in [0.3, 0.4) is 0 Å². The average Bonchev–Trinajstić information content (AvgIpc) is 3.14. The van der Waals surface area contributed by atoms with Gasteiger partial charge in [0, 0.05) is 39.3 Å². The summed E-state index contributed by atoms with van der Waals surface area (Å²) in [6, 6.07) is 11.0. The third-order valence-corrected chi connectivity index (χ3v) is 5.91. The molecule has 0 aliphatic carbocycles. The molecule has 5 nitrogen and oxygen atoms in total. The minimum Gasteiger partial charge on any atom is -0.351 e. The number of halogens is 2. The quantitative estimate of drug-likeness (QED) is 0.713. The molecule has 4 rings (SSSR count). The zero-order valence-electron chi connectivity index (χ0n) is 15.2. The van der Waals surface area contributed by atoms with Crippen molar-refractivity contribution >= 4 is 32.6 Å². The molecule has 28 heavy (non-hydrogen) atoms. The Morgan fingerprint density at radius 2 is 1.79 bits per heavy atom. The molecule has 1 saturated heterocycles. The highest BCUT2D eigenvalue weighted by Gasteiger charge is 2.20. The van der Waals surface area contributed by atoms with Crippen LogP contribution in [-0.2, 0) is 0 Å². The van der Waals surface area contributed by atoms with Crippen molar-refractivity contribution in [1.29, 1.82) is 0 Å². The number of carbonyl (C=O) groups excluding carboxylic acids is 1. The van der Waals surface area contributed by atoms with Crippen LogP contribution in [-0.4, -0.2) is 55.1 Å². The summed E-state index contributed by atoms with van der Waals surface area (Å²) in [4.78, 5) is 20.9. The van der Waals surface area contributed by atoms with Gasteiger partial charge in [-0.1, -0.05) is 29.5 Å². The predicted molar refractivity (Wildman–Crippen MR) is 107 cm³/mol. The molecule has 146 valence electrons. The monoisotopic (exact) mass is 402 g/mol. The van der Waals surface area contributed by atoms with Gasteiger partial charge in [0.1, 0.15) is 17.2 Å². The normalized spacial score (nSPS) is 15.1. The van der Waals surface area contributed by atoms with Gasteiger partial charge in [-0.15, -0.1) is 0 Å². The molecule has 2 heterocycles. The highest BCUT2D eigenvalue weighted by Crippen LogP contribution is 2.30. The highest BCUT2D eigenvalue weighted by atomic mass is 32.1. The van der Waals surface area contributed by atoms with Gasteiger partial charge in [0.15, 0.2) is 5.13 Å². The van der Waals surface area contributed by atoms with Crippen LogP contribution in [0.15, 0.2) is 42.5 Å². The first-order valence-corrected chi connectivity index (χ1v) is 9.98. The summed E-state index contributed by atoms with van der Waals surface area (Å²) < 4.78 is 28.3. The molecule has 2 aromatic carbocycles. The van der Waals surface area contributed by atoms with E-state index in [0.29, 0.717) is 18.6 Å². The Bertz CT molecular complexity index is 985. The first-order chi connectivity index (χ1) is 13.6.